The number of aromatic amines is 1. The van der Waals surface area contributed by atoms with Crippen LogP contribution in [0.2, 0.25) is 0 Å². The van der Waals surface area contributed by atoms with Crippen molar-refractivity contribution in [1.82, 2.24) is 10.2 Å². The van der Waals surface area contributed by atoms with Gasteiger partial charge in [-0.1, -0.05) is 0 Å². The molecule has 15 heavy (non-hydrogen) atoms. The van der Waals surface area contributed by atoms with Crippen LogP contribution >= 0.6 is 0 Å². The molecule has 0 aliphatic rings. The predicted octanol–water partition coefficient (Wildman–Crippen LogP) is -0.164. The predicted molar refractivity (Wildman–Crippen MR) is 56.4 cm³/mol. The van der Waals surface area contributed by atoms with Crippen molar-refractivity contribution in [3.63, 3.8) is 0 Å². The molecule has 1 rings (SSSR count). The Bertz CT molecular complexity index is 365. The zero-order chi connectivity index (χ0) is 11.3. The maximum absolute atomic E-state index is 11.3. The summed E-state index contributed by atoms with van der Waals surface area (Å²) in [7, 11) is 0. The summed E-state index contributed by atoms with van der Waals surface area (Å²) < 4.78 is 0. The number of aromatic nitrogens is 2. The molecule has 0 saturated carbocycles. The lowest BCUT2D eigenvalue weighted by atomic mass is 10.2. The van der Waals surface area contributed by atoms with Crippen LogP contribution in [-0.2, 0) is 4.79 Å². The van der Waals surface area contributed by atoms with Gasteiger partial charge in [0.1, 0.15) is 0 Å². The van der Waals surface area contributed by atoms with Crippen LogP contribution in [0.25, 0.3) is 0 Å². The van der Waals surface area contributed by atoms with Crippen LogP contribution in [0, 0.1) is 0 Å². The van der Waals surface area contributed by atoms with E-state index in [0.717, 1.165) is 0 Å². The third-order valence-corrected chi connectivity index (χ3v) is 1.77. The monoisotopic (exact) mass is 210 g/mol. The number of rotatable bonds is 4. The molecule has 1 atom stereocenters. The second-order valence-corrected chi connectivity index (χ2v) is 3.37. The van der Waals surface area contributed by atoms with Crippen LogP contribution in [0.4, 0.5) is 5.82 Å². The van der Waals surface area contributed by atoms with E-state index < -0.39 is 0 Å². The molecule has 0 radical (unpaired) electrons. The Hall–Kier alpha value is -1.69. The summed E-state index contributed by atoms with van der Waals surface area (Å²) >= 11 is 0. The van der Waals surface area contributed by atoms with Gasteiger partial charge in [-0.15, -0.1) is 0 Å². The second kappa shape index (κ2) is 5.26. The van der Waals surface area contributed by atoms with E-state index in [-0.39, 0.29) is 17.5 Å². The molecule has 0 aromatic carbocycles. The first-order chi connectivity index (χ1) is 7.08. The molecule has 1 aromatic rings. The highest BCUT2D eigenvalue weighted by Crippen LogP contribution is 2.00. The molecule has 1 amide bonds. The summed E-state index contributed by atoms with van der Waals surface area (Å²) in [5.41, 5.74) is 5.21. The first-order valence-electron chi connectivity index (χ1n) is 4.69. The molecular formula is C9H14N4O2. The van der Waals surface area contributed by atoms with E-state index in [1.165, 1.54) is 12.1 Å². The Morgan fingerprint density at radius 2 is 2.40 bits per heavy atom. The van der Waals surface area contributed by atoms with Crippen LogP contribution in [0.1, 0.15) is 19.8 Å². The number of hydrogen-bond acceptors (Lipinski definition) is 4. The average molecular weight is 210 g/mol. The van der Waals surface area contributed by atoms with Gasteiger partial charge in [-0.2, -0.15) is 5.10 Å². The number of nitrogens with two attached hydrogens (primary N) is 1. The molecule has 0 aliphatic heterocycles. The molecule has 4 N–H and O–H groups in total. The Morgan fingerprint density at radius 3 is 2.93 bits per heavy atom. The number of nitrogens with zero attached hydrogens (tertiary/aromatic N) is 1. The normalized spacial score (nSPS) is 12.1. The van der Waals surface area contributed by atoms with Crippen LogP contribution < -0.4 is 16.6 Å². The minimum absolute atomic E-state index is 0.000658. The highest BCUT2D eigenvalue weighted by Gasteiger charge is 2.04. The van der Waals surface area contributed by atoms with E-state index in [0.29, 0.717) is 18.7 Å². The summed E-state index contributed by atoms with van der Waals surface area (Å²) in [5, 5.41) is 8.42. The number of carbonyl (C=O) groups excluding carboxylic acids is 1. The van der Waals surface area contributed by atoms with Crippen molar-refractivity contribution in [1.29, 1.82) is 0 Å². The van der Waals surface area contributed by atoms with E-state index in [1.807, 2.05) is 6.92 Å². The summed E-state index contributed by atoms with van der Waals surface area (Å²) in [5.74, 6) is 0.177. The highest BCUT2D eigenvalue weighted by molar-refractivity contribution is 5.89. The van der Waals surface area contributed by atoms with Gasteiger partial charge < -0.3 is 11.1 Å². The van der Waals surface area contributed by atoms with E-state index in [9.17, 15) is 9.59 Å². The van der Waals surface area contributed by atoms with E-state index in [1.54, 1.807) is 0 Å². The topological polar surface area (TPSA) is 101 Å². The van der Waals surface area contributed by atoms with Gasteiger partial charge in [-0.3, -0.25) is 9.59 Å². The summed E-state index contributed by atoms with van der Waals surface area (Å²) in [6, 6.07) is 2.75. The van der Waals surface area contributed by atoms with Gasteiger partial charge in [0.05, 0.1) is 0 Å². The van der Waals surface area contributed by atoms with Gasteiger partial charge in [0, 0.05) is 18.5 Å². The lowest BCUT2D eigenvalue weighted by Crippen LogP contribution is -2.20. The lowest BCUT2D eigenvalue weighted by molar-refractivity contribution is -0.116. The molecule has 82 valence electrons. The first-order valence-corrected chi connectivity index (χ1v) is 4.69. The summed E-state index contributed by atoms with van der Waals surface area (Å²) in [4.78, 5) is 22.0. The first kappa shape index (κ1) is 11.4. The number of amides is 1. The lowest BCUT2D eigenvalue weighted by Gasteiger charge is -2.05. The quantitative estimate of drug-likeness (QED) is 0.642. The minimum atomic E-state index is -0.302. The van der Waals surface area contributed by atoms with Crippen molar-refractivity contribution < 1.29 is 4.79 Å². The molecule has 0 bridgehead atoms. The molecule has 0 fully saturated rings. The standard InChI is InChI=1S/C9H14N4O2/c1-6(10)2-4-8(14)11-7-3-5-9(15)13-12-7/h3,5-6H,2,4,10H2,1H3,(H,13,15)(H,11,12,14). The molecule has 6 heteroatoms. The third-order valence-electron chi connectivity index (χ3n) is 1.77. The van der Waals surface area contributed by atoms with Gasteiger partial charge in [0.25, 0.3) is 5.56 Å². The largest absolute Gasteiger partial charge is 0.328 e. The number of hydrogen-bond donors (Lipinski definition) is 3. The minimum Gasteiger partial charge on any atom is -0.328 e. The average Bonchev–Trinajstić information content (AvgIpc) is 2.19. The van der Waals surface area contributed by atoms with Crippen molar-refractivity contribution >= 4 is 11.7 Å². The van der Waals surface area contributed by atoms with E-state index in [2.05, 4.69) is 15.5 Å². The number of anilines is 1. The van der Waals surface area contributed by atoms with Gasteiger partial charge in [-0.05, 0) is 19.4 Å². The fourth-order valence-electron chi connectivity index (χ4n) is 0.978. The molecule has 0 saturated heterocycles. The number of nitrogens with one attached hydrogen (secondary N) is 2. The Kier molecular flexibility index (Phi) is 3.99. The Labute approximate surface area is 86.9 Å². The van der Waals surface area contributed by atoms with Crippen molar-refractivity contribution in [2.45, 2.75) is 25.8 Å². The molecule has 1 aromatic heterocycles. The maximum atomic E-state index is 11.3. The van der Waals surface area contributed by atoms with E-state index in [4.69, 9.17) is 5.73 Å². The second-order valence-electron chi connectivity index (χ2n) is 3.37. The van der Waals surface area contributed by atoms with Crippen LogP contribution in [0.5, 0.6) is 0 Å². The SMILES string of the molecule is CC(N)CCC(=O)Nc1ccc(=O)[nH]n1. The number of carbonyl (C=O) groups is 1. The molecule has 1 unspecified atom stereocenters. The zero-order valence-electron chi connectivity index (χ0n) is 8.49. The van der Waals surface area contributed by atoms with Crippen LogP contribution in [-0.4, -0.2) is 22.1 Å². The third kappa shape index (κ3) is 4.37. The molecule has 0 spiro atoms. The molecule has 6 nitrogen and oxygen atoms in total. The van der Waals surface area contributed by atoms with Crippen molar-refractivity contribution in [2.24, 2.45) is 5.73 Å². The number of H-pyrrole nitrogens is 1. The van der Waals surface area contributed by atoms with Crippen molar-refractivity contribution in [3.05, 3.63) is 22.5 Å². The van der Waals surface area contributed by atoms with Gasteiger partial charge in [-0.25, -0.2) is 5.10 Å². The summed E-state index contributed by atoms with van der Waals surface area (Å²) in [6.07, 6.45) is 0.966. The van der Waals surface area contributed by atoms with Gasteiger partial charge in [0.15, 0.2) is 5.82 Å². The molecule has 0 aliphatic carbocycles. The molecule has 1 heterocycles. The van der Waals surface area contributed by atoms with Crippen LogP contribution in [0.15, 0.2) is 16.9 Å². The smallest absolute Gasteiger partial charge is 0.264 e. The van der Waals surface area contributed by atoms with E-state index >= 15 is 0 Å². The molecular weight excluding hydrogens is 196 g/mol. The Balaban J connectivity index is 2.44. The maximum Gasteiger partial charge on any atom is 0.264 e. The van der Waals surface area contributed by atoms with Crippen LogP contribution in [0.3, 0.4) is 0 Å². The Morgan fingerprint density at radius 1 is 1.67 bits per heavy atom. The zero-order valence-corrected chi connectivity index (χ0v) is 8.49. The van der Waals surface area contributed by atoms with Crippen molar-refractivity contribution in [2.75, 3.05) is 5.32 Å². The summed E-state index contributed by atoms with van der Waals surface area (Å²) in [6.45, 7) is 1.84. The fraction of sp³-hybridized carbons (Fsp3) is 0.444. The highest BCUT2D eigenvalue weighted by atomic mass is 16.1. The van der Waals surface area contributed by atoms with Gasteiger partial charge >= 0.3 is 0 Å². The fourth-order valence-corrected chi connectivity index (χ4v) is 0.978. The van der Waals surface area contributed by atoms with Crippen molar-refractivity contribution in [3.8, 4) is 0 Å². The van der Waals surface area contributed by atoms with Gasteiger partial charge in [0.2, 0.25) is 5.91 Å².